The number of aliphatic imine (C=N–C) groups is 1. The van der Waals surface area contributed by atoms with Crippen molar-refractivity contribution in [3.8, 4) is 0 Å². The molecule has 0 spiro atoms. The summed E-state index contributed by atoms with van der Waals surface area (Å²) in [6, 6.07) is 5.16. The normalized spacial score (nSPS) is 18.1. The Balaban J connectivity index is 2.09. The van der Waals surface area contributed by atoms with Crippen molar-refractivity contribution in [1.29, 1.82) is 0 Å². The maximum Gasteiger partial charge on any atom is 0.446 e. The summed E-state index contributed by atoms with van der Waals surface area (Å²) in [7, 11) is 0. The van der Waals surface area contributed by atoms with Gasteiger partial charge in [0.25, 0.3) is 0 Å². The summed E-state index contributed by atoms with van der Waals surface area (Å²) in [6.07, 6.45) is 2.19. The molecule has 1 aromatic carbocycles. The van der Waals surface area contributed by atoms with Crippen molar-refractivity contribution in [2.45, 2.75) is 29.0 Å². The Hall–Kier alpha value is -1.55. The van der Waals surface area contributed by atoms with Crippen molar-refractivity contribution in [3.63, 3.8) is 0 Å². The van der Waals surface area contributed by atoms with E-state index in [1.165, 1.54) is 30.1 Å². The molecule has 2 aromatic rings. The zero-order chi connectivity index (χ0) is 22.1. The Morgan fingerprint density at radius 1 is 1.20 bits per heavy atom. The second-order valence-electron chi connectivity index (χ2n) is 6.12. The van der Waals surface area contributed by atoms with Gasteiger partial charge >= 0.3 is 5.51 Å². The van der Waals surface area contributed by atoms with E-state index in [0.29, 0.717) is 5.75 Å². The molecule has 0 fully saturated rings. The van der Waals surface area contributed by atoms with E-state index in [1.807, 2.05) is 6.92 Å². The molecule has 30 heavy (non-hydrogen) atoms. The predicted octanol–water partition coefficient (Wildman–Crippen LogP) is 6.66. The van der Waals surface area contributed by atoms with Gasteiger partial charge in [-0.2, -0.15) is 13.2 Å². The summed E-state index contributed by atoms with van der Waals surface area (Å²) in [5.41, 5.74) is -4.45. The molecule has 1 aliphatic rings. The molecule has 0 amide bonds. The third-order valence-electron chi connectivity index (χ3n) is 3.95. The molecule has 158 valence electrons. The first-order valence-corrected chi connectivity index (χ1v) is 11.2. The number of benzene rings is 1. The van der Waals surface area contributed by atoms with Gasteiger partial charge in [0.1, 0.15) is 22.3 Å². The van der Waals surface area contributed by atoms with Crippen LogP contribution in [0.15, 0.2) is 40.4 Å². The van der Waals surface area contributed by atoms with Crippen molar-refractivity contribution < 1.29 is 22.8 Å². The highest BCUT2D eigenvalue weighted by Gasteiger charge is 2.40. The fourth-order valence-electron chi connectivity index (χ4n) is 2.75. The first kappa shape index (κ1) is 23.1. The van der Waals surface area contributed by atoms with Gasteiger partial charge in [-0.05, 0) is 48.2 Å². The average Bonchev–Trinajstić information content (AvgIpc) is 2.66. The molecule has 0 aliphatic heterocycles. The van der Waals surface area contributed by atoms with E-state index < -0.39 is 16.5 Å². The van der Waals surface area contributed by atoms with Crippen LogP contribution in [0, 0.1) is 0 Å². The molecule has 1 unspecified atom stereocenters. The topological polar surface area (TPSA) is 59.4 Å². The Bertz CT molecular complexity index is 1020. The molecular weight excluding hydrogens is 480 g/mol. The van der Waals surface area contributed by atoms with E-state index in [1.54, 1.807) is 0 Å². The average molecular weight is 493 g/mol. The summed E-state index contributed by atoms with van der Waals surface area (Å²) in [5, 5.41) is -1.22. The van der Waals surface area contributed by atoms with Crippen LogP contribution in [0.3, 0.4) is 0 Å². The Labute approximate surface area is 188 Å². The van der Waals surface area contributed by atoms with Crippen molar-refractivity contribution in [3.05, 3.63) is 51.8 Å². The van der Waals surface area contributed by atoms with Crippen LogP contribution in [0.2, 0.25) is 10.0 Å². The van der Waals surface area contributed by atoms with Gasteiger partial charge in [-0.1, -0.05) is 30.1 Å². The highest BCUT2D eigenvalue weighted by atomic mass is 35.5. The predicted molar refractivity (Wildman–Crippen MR) is 115 cm³/mol. The lowest BCUT2D eigenvalue weighted by molar-refractivity contribution is -0.0328. The number of carbonyl (C=O) groups is 2. The van der Waals surface area contributed by atoms with Gasteiger partial charge in [0.15, 0.2) is 0 Å². The SMILES string of the molecule is CCCSC1C(=O)c2ncccc2C(=O)C1=Nc1c(Cl)cc(SC(F)(F)F)cc1Cl. The van der Waals surface area contributed by atoms with Crippen LogP contribution >= 0.6 is 46.7 Å². The number of alkyl halides is 3. The number of halogens is 5. The quantitative estimate of drug-likeness (QED) is 0.436. The van der Waals surface area contributed by atoms with E-state index in [0.717, 1.165) is 18.6 Å². The van der Waals surface area contributed by atoms with Gasteiger partial charge in [0.05, 0.1) is 15.6 Å². The lowest BCUT2D eigenvalue weighted by Gasteiger charge is -2.23. The fourth-order valence-corrected chi connectivity index (χ4v) is 5.13. The van der Waals surface area contributed by atoms with E-state index >= 15 is 0 Å². The second kappa shape index (κ2) is 9.30. The number of fused-ring (bicyclic) bond motifs is 1. The minimum Gasteiger partial charge on any atom is -0.291 e. The summed E-state index contributed by atoms with van der Waals surface area (Å²) in [6.45, 7) is 1.93. The largest absolute Gasteiger partial charge is 0.446 e. The van der Waals surface area contributed by atoms with E-state index in [2.05, 4.69) is 9.98 Å². The maximum atomic E-state index is 13.0. The second-order valence-corrected chi connectivity index (χ2v) is 9.29. The Morgan fingerprint density at radius 3 is 2.47 bits per heavy atom. The highest BCUT2D eigenvalue weighted by Crippen LogP contribution is 2.43. The lowest BCUT2D eigenvalue weighted by atomic mass is 9.91. The first-order valence-electron chi connectivity index (χ1n) is 8.61. The van der Waals surface area contributed by atoms with Crippen LogP contribution in [0.25, 0.3) is 0 Å². The minimum absolute atomic E-state index is 0.0598. The Kier molecular flexibility index (Phi) is 7.16. The maximum absolute atomic E-state index is 13.0. The van der Waals surface area contributed by atoms with Crippen LogP contribution in [-0.4, -0.2) is 38.8 Å². The molecule has 0 saturated heterocycles. The van der Waals surface area contributed by atoms with Gasteiger partial charge < -0.3 is 0 Å². The number of aromatic nitrogens is 1. The number of rotatable bonds is 5. The summed E-state index contributed by atoms with van der Waals surface area (Å²) in [5.74, 6) is -0.265. The highest BCUT2D eigenvalue weighted by molar-refractivity contribution is 8.01. The molecule has 0 radical (unpaired) electrons. The molecule has 3 rings (SSSR count). The molecular formula is C19H13Cl2F3N2O2S2. The molecule has 0 N–H and O–H groups in total. The molecule has 1 heterocycles. The van der Waals surface area contributed by atoms with Crippen LogP contribution in [-0.2, 0) is 0 Å². The van der Waals surface area contributed by atoms with Crippen LogP contribution in [0.5, 0.6) is 0 Å². The number of ketones is 2. The van der Waals surface area contributed by atoms with E-state index in [4.69, 9.17) is 23.2 Å². The number of carbonyl (C=O) groups excluding carboxylic acids is 2. The molecule has 1 atom stereocenters. The van der Waals surface area contributed by atoms with Crippen molar-refractivity contribution in [2.24, 2.45) is 4.99 Å². The lowest BCUT2D eigenvalue weighted by Crippen LogP contribution is -2.40. The fraction of sp³-hybridized carbons (Fsp3) is 0.263. The van der Waals surface area contributed by atoms with Crippen LogP contribution in [0.1, 0.15) is 34.2 Å². The van der Waals surface area contributed by atoms with E-state index in [-0.39, 0.29) is 55.1 Å². The van der Waals surface area contributed by atoms with Gasteiger partial charge in [-0.3, -0.25) is 14.6 Å². The smallest absolute Gasteiger partial charge is 0.291 e. The standard InChI is InChI=1S/C19H13Cl2F3N2O2S2/c1-2-6-29-18-15(16(27)10-4-3-5-25-13(10)17(18)28)26-14-11(20)7-9(8-12(14)21)30-19(22,23)24/h3-5,7-8,18H,2,6H2,1H3. The number of thioether (sulfide) groups is 2. The Morgan fingerprint density at radius 2 is 1.87 bits per heavy atom. The first-order chi connectivity index (χ1) is 14.1. The van der Waals surface area contributed by atoms with Crippen LogP contribution in [0.4, 0.5) is 18.9 Å². The molecule has 4 nitrogen and oxygen atoms in total. The number of hydrogen-bond acceptors (Lipinski definition) is 6. The molecule has 0 bridgehead atoms. The van der Waals surface area contributed by atoms with Crippen molar-refractivity contribution in [2.75, 3.05) is 5.75 Å². The minimum atomic E-state index is -4.51. The number of nitrogens with zero attached hydrogens (tertiary/aromatic N) is 2. The molecule has 0 saturated carbocycles. The van der Waals surface area contributed by atoms with Crippen molar-refractivity contribution in [1.82, 2.24) is 4.98 Å². The third-order valence-corrected chi connectivity index (χ3v) is 6.64. The van der Waals surface area contributed by atoms with Gasteiger partial charge in [-0.15, -0.1) is 11.8 Å². The zero-order valence-electron chi connectivity index (χ0n) is 15.3. The number of hydrogen-bond donors (Lipinski definition) is 0. The number of pyridine rings is 1. The van der Waals surface area contributed by atoms with Crippen LogP contribution < -0.4 is 0 Å². The summed E-state index contributed by atoms with van der Waals surface area (Å²) >= 11 is 13.1. The molecule has 11 heteroatoms. The summed E-state index contributed by atoms with van der Waals surface area (Å²) < 4.78 is 37.9. The monoisotopic (exact) mass is 492 g/mol. The number of Topliss-reactive ketones (excluding diaryl/α,β-unsaturated/α-hetero) is 2. The van der Waals surface area contributed by atoms with Gasteiger partial charge in [0.2, 0.25) is 11.6 Å². The molecule has 1 aromatic heterocycles. The van der Waals surface area contributed by atoms with Gasteiger partial charge in [0, 0.05) is 11.1 Å². The third kappa shape index (κ3) is 5.01. The zero-order valence-corrected chi connectivity index (χ0v) is 18.4. The van der Waals surface area contributed by atoms with E-state index in [9.17, 15) is 22.8 Å². The summed E-state index contributed by atoms with van der Waals surface area (Å²) in [4.78, 5) is 34.1. The van der Waals surface area contributed by atoms with Gasteiger partial charge in [-0.25, -0.2) is 4.99 Å². The molecule has 1 aliphatic carbocycles. The van der Waals surface area contributed by atoms with Crippen molar-refractivity contribution >= 4 is 69.7 Å².